The molecule has 2 atom stereocenters. The zero-order valence-corrected chi connectivity index (χ0v) is 13.0. The fourth-order valence-electron chi connectivity index (χ4n) is 2.85. The SMILES string of the molecule is Cc1cnc(NC2COCC2n2nc(C3CC3)ccc2=O)cn1. The normalized spacial score (nSPS) is 23.9. The van der Waals surface area contributed by atoms with Crippen LogP contribution in [0.4, 0.5) is 5.82 Å². The molecule has 120 valence electrons. The van der Waals surface area contributed by atoms with Gasteiger partial charge in [0.15, 0.2) is 0 Å². The lowest BCUT2D eigenvalue weighted by atomic mass is 10.1. The zero-order chi connectivity index (χ0) is 15.8. The first kappa shape index (κ1) is 14.3. The minimum absolute atomic E-state index is 0.0494. The van der Waals surface area contributed by atoms with Gasteiger partial charge in [0, 0.05) is 12.0 Å². The molecule has 2 aromatic heterocycles. The second-order valence-corrected chi connectivity index (χ2v) is 6.21. The van der Waals surface area contributed by atoms with Crippen LogP contribution in [-0.4, -0.2) is 39.0 Å². The van der Waals surface area contributed by atoms with Gasteiger partial charge in [0.1, 0.15) is 11.9 Å². The number of aryl methyl sites for hydroxylation is 1. The molecular formula is C16H19N5O2. The van der Waals surface area contributed by atoms with Crippen LogP contribution in [0.15, 0.2) is 29.3 Å². The van der Waals surface area contributed by atoms with E-state index in [0.29, 0.717) is 24.9 Å². The van der Waals surface area contributed by atoms with Gasteiger partial charge in [0.05, 0.1) is 43.0 Å². The van der Waals surface area contributed by atoms with Gasteiger partial charge in [-0.05, 0) is 25.8 Å². The summed E-state index contributed by atoms with van der Waals surface area (Å²) in [5.74, 6) is 1.20. The average Bonchev–Trinajstić information content (AvgIpc) is 3.30. The summed E-state index contributed by atoms with van der Waals surface area (Å²) in [5, 5.41) is 7.88. The van der Waals surface area contributed by atoms with Gasteiger partial charge < -0.3 is 10.1 Å². The van der Waals surface area contributed by atoms with Crippen LogP contribution in [0, 0.1) is 6.92 Å². The van der Waals surface area contributed by atoms with Crippen LogP contribution in [0.2, 0.25) is 0 Å². The first-order valence-electron chi connectivity index (χ1n) is 7.93. The summed E-state index contributed by atoms with van der Waals surface area (Å²) in [6.45, 7) is 2.88. The van der Waals surface area contributed by atoms with Gasteiger partial charge in [-0.15, -0.1) is 0 Å². The fraction of sp³-hybridized carbons (Fsp3) is 0.500. The Bertz CT molecular complexity index is 754. The predicted octanol–water partition coefficient (Wildman–Crippen LogP) is 1.27. The highest BCUT2D eigenvalue weighted by Crippen LogP contribution is 2.38. The molecule has 0 radical (unpaired) electrons. The van der Waals surface area contributed by atoms with Crippen molar-refractivity contribution in [2.75, 3.05) is 18.5 Å². The van der Waals surface area contributed by atoms with Crippen molar-refractivity contribution >= 4 is 5.82 Å². The first-order chi connectivity index (χ1) is 11.2. The second kappa shape index (κ2) is 5.73. The van der Waals surface area contributed by atoms with Crippen LogP contribution in [0.25, 0.3) is 0 Å². The van der Waals surface area contributed by atoms with E-state index in [0.717, 1.165) is 24.2 Å². The number of rotatable bonds is 4. The average molecular weight is 313 g/mol. The molecule has 1 N–H and O–H groups in total. The van der Waals surface area contributed by atoms with E-state index in [9.17, 15) is 4.79 Å². The van der Waals surface area contributed by atoms with Crippen LogP contribution < -0.4 is 10.9 Å². The Morgan fingerprint density at radius 3 is 2.83 bits per heavy atom. The molecule has 1 aliphatic carbocycles. The molecule has 1 saturated carbocycles. The Morgan fingerprint density at radius 1 is 1.22 bits per heavy atom. The molecule has 2 aliphatic rings. The van der Waals surface area contributed by atoms with Gasteiger partial charge >= 0.3 is 0 Å². The van der Waals surface area contributed by atoms with Crippen LogP contribution in [0.3, 0.4) is 0 Å². The van der Waals surface area contributed by atoms with Crippen LogP contribution in [-0.2, 0) is 4.74 Å². The van der Waals surface area contributed by atoms with Crippen molar-refractivity contribution in [1.82, 2.24) is 19.7 Å². The standard InChI is InChI=1S/C16H19N5O2/c1-10-6-18-15(7-17-10)19-13-8-23-9-14(13)21-16(22)5-4-12(20-21)11-2-3-11/h4-7,11,13-14H,2-3,8-9H2,1H3,(H,18,19). The van der Waals surface area contributed by atoms with E-state index < -0.39 is 0 Å². The molecule has 3 heterocycles. The third-order valence-corrected chi connectivity index (χ3v) is 4.32. The highest BCUT2D eigenvalue weighted by atomic mass is 16.5. The third-order valence-electron chi connectivity index (χ3n) is 4.32. The fourth-order valence-corrected chi connectivity index (χ4v) is 2.85. The lowest BCUT2D eigenvalue weighted by Crippen LogP contribution is -2.37. The van der Waals surface area contributed by atoms with Crippen LogP contribution in [0.1, 0.15) is 36.2 Å². The van der Waals surface area contributed by atoms with Crippen molar-refractivity contribution in [3.05, 3.63) is 46.3 Å². The number of ether oxygens (including phenoxy) is 1. The van der Waals surface area contributed by atoms with E-state index in [1.165, 1.54) is 0 Å². The number of hydrogen-bond acceptors (Lipinski definition) is 6. The molecule has 1 saturated heterocycles. The molecule has 2 fully saturated rings. The van der Waals surface area contributed by atoms with E-state index in [4.69, 9.17) is 4.74 Å². The molecule has 2 aromatic rings. The van der Waals surface area contributed by atoms with Crippen molar-refractivity contribution in [2.45, 2.75) is 37.8 Å². The summed E-state index contributed by atoms with van der Waals surface area (Å²) in [7, 11) is 0. The lowest BCUT2D eigenvalue weighted by Gasteiger charge is -2.21. The van der Waals surface area contributed by atoms with Gasteiger partial charge in [0.2, 0.25) is 0 Å². The van der Waals surface area contributed by atoms with Crippen molar-refractivity contribution in [2.24, 2.45) is 0 Å². The Morgan fingerprint density at radius 2 is 2.09 bits per heavy atom. The summed E-state index contributed by atoms with van der Waals surface area (Å²) in [5.41, 5.74) is 1.78. The van der Waals surface area contributed by atoms with Crippen molar-refractivity contribution in [1.29, 1.82) is 0 Å². The smallest absolute Gasteiger partial charge is 0.267 e. The highest BCUT2D eigenvalue weighted by Gasteiger charge is 2.33. The maximum atomic E-state index is 12.2. The molecule has 2 unspecified atom stereocenters. The van der Waals surface area contributed by atoms with E-state index in [2.05, 4.69) is 20.4 Å². The van der Waals surface area contributed by atoms with Gasteiger partial charge in [-0.25, -0.2) is 9.67 Å². The molecule has 0 spiro atoms. The number of nitrogens with one attached hydrogen (secondary N) is 1. The molecule has 23 heavy (non-hydrogen) atoms. The quantitative estimate of drug-likeness (QED) is 0.915. The Kier molecular flexibility index (Phi) is 3.57. The van der Waals surface area contributed by atoms with E-state index in [-0.39, 0.29) is 17.6 Å². The summed E-state index contributed by atoms with van der Waals surface area (Å²) in [6, 6.07) is 3.28. The minimum atomic E-state index is -0.135. The van der Waals surface area contributed by atoms with E-state index >= 15 is 0 Å². The maximum Gasteiger partial charge on any atom is 0.267 e. The number of anilines is 1. The first-order valence-corrected chi connectivity index (χ1v) is 7.93. The van der Waals surface area contributed by atoms with Gasteiger partial charge in [-0.3, -0.25) is 9.78 Å². The number of hydrogen-bond donors (Lipinski definition) is 1. The van der Waals surface area contributed by atoms with Gasteiger partial charge in [-0.1, -0.05) is 0 Å². The second-order valence-electron chi connectivity index (χ2n) is 6.21. The minimum Gasteiger partial charge on any atom is -0.377 e. The summed E-state index contributed by atoms with van der Waals surface area (Å²) >= 11 is 0. The molecule has 0 bridgehead atoms. The maximum absolute atomic E-state index is 12.2. The summed E-state index contributed by atoms with van der Waals surface area (Å²) in [6.07, 6.45) is 5.73. The zero-order valence-electron chi connectivity index (χ0n) is 13.0. The monoisotopic (exact) mass is 313 g/mol. The Balaban J connectivity index is 1.58. The third kappa shape index (κ3) is 2.96. The molecule has 7 heteroatoms. The topological polar surface area (TPSA) is 81.9 Å². The Labute approximate surface area is 133 Å². The van der Waals surface area contributed by atoms with E-state index in [1.807, 2.05) is 13.0 Å². The van der Waals surface area contributed by atoms with Crippen LogP contribution in [0.5, 0.6) is 0 Å². The van der Waals surface area contributed by atoms with Crippen LogP contribution >= 0.6 is 0 Å². The summed E-state index contributed by atoms with van der Waals surface area (Å²) < 4.78 is 7.15. The molecule has 7 nitrogen and oxygen atoms in total. The largest absolute Gasteiger partial charge is 0.377 e. The van der Waals surface area contributed by atoms with Crippen molar-refractivity contribution < 1.29 is 4.74 Å². The molecule has 0 aromatic carbocycles. The summed E-state index contributed by atoms with van der Waals surface area (Å²) in [4.78, 5) is 20.8. The highest BCUT2D eigenvalue weighted by molar-refractivity contribution is 5.33. The molecule has 4 rings (SSSR count). The lowest BCUT2D eigenvalue weighted by molar-refractivity contribution is 0.182. The van der Waals surface area contributed by atoms with Gasteiger partial charge in [0.25, 0.3) is 5.56 Å². The predicted molar refractivity (Wildman–Crippen MR) is 84.5 cm³/mol. The van der Waals surface area contributed by atoms with Crippen molar-refractivity contribution in [3.8, 4) is 0 Å². The number of nitrogens with zero attached hydrogens (tertiary/aromatic N) is 4. The Hall–Kier alpha value is -2.28. The van der Waals surface area contributed by atoms with Gasteiger partial charge in [-0.2, -0.15) is 5.10 Å². The van der Waals surface area contributed by atoms with E-state index in [1.54, 1.807) is 23.1 Å². The van der Waals surface area contributed by atoms with Crippen molar-refractivity contribution in [3.63, 3.8) is 0 Å². The molecule has 0 amide bonds. The molecule has 1 aliphatic heterocycles. The molecular weight excluding hydrogens is 294 g/mol. The number of aromatic nitrogens is 4.